The molecule has 3 heterocycles. The van der Waals surface area contributed by atoms with Crippen molar-refractivity contribution in [2.24, 2.45) is 5.92 Å². The summed E-state index contributed by atoms with van der Waals surface area (Å²) in [5, 5.41) is 6.36. The number of benzene rings is 4. The van der Waals surface area contributed by atoms with E-state index in [-0.39, 0.29) is 16.6 Å². The number of nitrogens with one attached hydrogen (secondary N) is 2. The largest absolute Gasteiger partial charge is 0.444 e. The molecule has 0 bridgehead atoms. The van der Waals surface area contributed by atoms with E-state index in [1.807, 2.05) is 68.1 Å². The predicted octanol–water partition coefficient (Wildman–Crippen LogP) is 9.55. The third kappa shape index (κ3) is 15.6. The van der Waals surface area contributed by atoms with E-state index >= 15 is 0 Å². The Labute approximate surface area is 430 Å². The molecule has 1 atom stereocenters. The highest BCUT2D eigenvalue weighted by Crippen LogP contribution is 2.37. The van der Waals surface area contributed by atoms with Gasteiger partial charge in [-0.05, 0) is 142 Å². The van der Waals surface area contributed by atoms with E-state index in [1.165, 1.54) is 28.8 Å². The Morgan fingerprint density at radius 2 is 1.51 bits per heavy atom. The van der Waals surface area contributed by atoms with Crippen LogP contribution in [0.25, 0.3) is 5.57 Å². The van der Waals surface area contributed by atoms with Crippen LogP contribution in [0.3, 0.4) is 0 Å². The van der Waals surface area contributed by atoms with Crippen molar-refractivity contribution in [3.8, 4) is 0 Å². The summed E-state index contributed by atoms with van der Waals surface area (Å²) in [7, 11) is -4.13. The Hall–Kier alpha value is -4.87. The molecule has 16 heteroatoms. The van der Waals surface area contributed by atoms with Crippen molar-refractivity contribution >= 4 is 62.3 Å². The Kier molecular flexibility index (Phi) is 18.3. The van der Waals surface area contributed by atoms with Crippen LogP contribution in [-0.4, -0.2) is 144 Å². The van der Waals surface area contributed by atoms with E-state index in [2.05, 4.69) is 59.3 Å². The zero-order valence-electron chi connectivity index (χ0n) is 41.5. The molecule has 3 saturated heterocycles. The van der Waals surface area contributed by atoms with Crippen LogP contribution in [-0.2, 0) is 19.5 Å². The van der Waals surface area contributed by atoms with Gasteiger partial charge in [-0.25, -0.2) is 17.9 Å². The minimum absolute atomic E-state index is 0.00893. The maximum atomic E-state index is 13.5. The molecule has 3 fully saturated rings. The molecule has 0 spiro atoms. The first-order chi connectivity index (χ1) is 34.2. The summed E-state index contributed by atoms with van der Waals surface area (Å²) in [5.74, 6) is -0.139. The third-order valence-electron chi connectivity index (χ3n) is 13.6. The van der Waals surface area contributed by atoms with Gasteiger partial charge < -0.3 is 29.5 Å². The average Bonchev–Trinajstić information content (AvgIpc) is 3.65. The molecule has 71 heavy (non-hydrogen) atoms. The summed E-state index contributed by atoms with van der Waals surface area (Å²) in [6.07, 6.45) is 4.76. The van der Waals surface area contributed by atoms with Crippen LogP contribution < -0.4 is 14.9 Å². The molecule has 2 N–H and O–H groups in total. The van der Waals surface area contributed by atoms with Gasteiger partial charge >= 0.3 is 6.09 Å². The van der Waals surface area contributed by atoms with Crippen LogP contribution in [0.15, 0.2) is 130 Å². The van der Waals surface area contributed by atoms with Gasteiger partial charge in [-0.15, -0.1) is 0 Å². The number of allylic oxidation sites excluding steroid dienone is 1. The number of halogens is 1. The molecule has 3 aliphatic heterocycles. The smallest absolute Gasteiger partial charge is 0.410 e. The van der Waals surface area contributed by atoms with Gasteiger partial charge in [-0.2, -0.15) is 0 Å². The van der Waals surface area contributed by atoms with Crippen molar-refractivity contribution < 1.29 is 27.5 Å². The first kappa shape index (κ1) is 52.5. The van der Waals surface area contributed by atoms with E-state index in [1.54, 1.807) is 36.0 Å². The third-order valence-corrected chi connectivity index (χ3v) is 16.1. The standard InChI is InChI=1S/C55H70ClN7O6S2/c1-55(2,3)69-54(65)63-33-29-60(30-34-63)39-42-10-23-52(43-11-15-46(56)16-12-43)45(38-42)40-61-27-31-62(32-28-61)49-19-13-44(14-20-49)53(64)58-71(66,67)51-21-17-47(18-22-51)57-48(41-70-50-8-5-4-6-9-50)24-26-59-25-7-36-68-37-35-59/h4-6,8-9,11-22,41-42,57H,7,10,23-40H2,1-3H3,(H,58,64)/b48-41+/t42-/m1/s1. The van der Waals surface area contributed by atoms with Crippen molar-refractivity contribution in [2.75, 3.05) is 109 Å². The lowest BCUT2D eigenvalue weighted by molar-refractivity contribution is 0.0131. The minimum Gasteiger partial charge on any atom is -0.444 e. The molecule has 0 aromatic heterocycles. The van der Waals surface area contributed by atoms with Gasteiger partial charge in [0.1, 0.15) is 5.60 Å². The van der Waals surface area contributed by atoms with Crippen LogP contribution in [0, 0.1) is 5.92 Å². The van der Waals surface area contributed by atoms with Crippen LogP contribution in [0.2, 0.25) is 5.02 Å². The van der Waals surface area contributed by atoms with E-state index in [9.17, 15) is 18.0 Å². The molecule has 0 unspecified atom stereocenters. The number of sulfonamides is 1. The number of carbonyl (C=O) groups excluding carboxylic acids is 2. The molecule has 1 aliphatic carbocycles. The number of hydrogen-bond acceptors (Lipinski definition) is 12. The van der Waals surface area contributed by atoms with Crippen LogP contribution in [0.5, 0.6) is 0 Å². The fourth-order valence-electron chi connectivity index (χ4n) is 9.71. The second kappa shape index (κ2) is 24.7. The number of carbonyl (C=O) groups is 2. The normalized spacial score (nSPS) is 19.3. The summed E-state index contributed by atoms with van der Waals surface area (Å²) in [4.78, 5) is 38.8. The van der Waals surface area contributed by atoms with Crippen LogP contribution in [0.4, 0.5) is 16.2 Å². The highest BCUT2D eigenvalue weighted by Gasteiger charge is 2.30. The maximum Gasteiger partial charge on any atom is 0.410 e. The number of hydrogen-bond donors (Lipinski definition) is 2. The number of nitrogens with zero attached hydrogens (tertiary/aromatic N) is 5. The Balaban J connectivity index is 0.830. The summed E-state index contributed by atoms with van der Waals surface area (Å²) in [6.45, 7) is 18.5. The molecule has 4 aromatic rings. The molecule has 380 valence electrons. The van der Waals surface area contributed by atoms with E-state index in [0.717, 1.165) is 144 Å². The lowest BCUT2D eigenvalue weighted by Gasteiger charge is -2.40. The molecule has 13 nitrogen and oxygen atoms in total. The van der Waals surface area contributed by atoms with E-state index in [4.69, 9.17) is 21.1 Å². The lowest BCUT2D eigenvalue weighted by atomic mass is 9.80. The summed E-state index contributed by atoms with van der Waals surface area (Å²) >= 11 is 7.96. The second-order valence-corrected chi connectivity index (χ2v) is 23.1. The van der Waals surface area contributed by atoms with Gasteiger partial charge in [0.05, 0.1) is 11.5 Å². The summed E-state index contributed by atoms with van der Waals surface area (Å²) in [6, 6.07) is 32.2. The van der Waals surface area contributed by atoms with Crippen LogP contribution in [0.1, 0.15) is 68.8 Å². The van der Waals surface area contributed by atoms with Gasteiger partial charge in [-0.1, -0.05) is 59.3 Å². The van der Waals surface area contributed by atoms with Crippen LogP contribution >= 0.6 is 23.4 Å². The minimum atomic E-state index is -4.13. The molecule has 0 saturated carbocycles. The summed E-state index contributed by atoms with van der Waals surface area (Å²) in [5.41, 5.74) is 6.72. The molecule has 8 rings (SSSR count). The second-order valence-electron chi connectivity index (χ2n) is 20.0. The number of rotatable bonds is 16. The SMILES string of the molecule is CC(C)(C)OC(=O)N1CCN(C[C@@H]2CCC(c3ccc(Cl)cc3)=C(CN3CCN(c4ccc(C(=O)NS(=O)(=O)c5ccc(N/C(=C/Sc6ccccc6)CCN6CCCOCC6)cc5)cc4)CC3)C2)CC1. The molecule has 0 radical (unpaired) electrons. The zero-order chi connectivity index (χ0) is 49.8. The number of amides is 2. The number of anilines is 2. The monoisotopic (exact) mass is 1020 g/mol. The lowest BCUT2D eigenvalue weighted by Crippen LogP contribution is -2.51. The van der Waals surface area contributed by atoms with Crippen molar-refractivity contribution in [1.29, 1.82) is 0 Å². The van der Waals surface area contributed by atoms with Gasteiger partial charge in [0.25, 0.3) is 15.9 Å². The number of ether oxygens (including phenoxy) is 2. The number of thioether (sulfide) groups is 1. The van der Waals surface area contributed by atoms with E-state index < -0.39 is 21.5 Å². The predicted molar refractivity (Wildman–Crippen MR) is 287 cm³/mol. The molecular formula is C55H70ClN7O6S2. The summed E-state index contributed by atoms with van der Waals surface area (Å²) < 4.78 is 40.5. The Bertz CT molecular complexity index is 2550. The molecule has 4 aromatic carbocycles. The van der Waals surface area contributed by atoms with Crippen molar-refractivity contribution in [2.45, 2.75) is 68.3 Å². The molecule has 4 aliphatic rings. The van der Waals surface area contributed by atoms with Gasteiger partial charge in [-0.3, -0.25) is 14.6 Å². The molecule has 2 amide bonds. The highest BCUT2D eigenvalue weighted by atomic mass is 35.5. The van der Waals surface area contributed by atoms with Crippen molar-refractivity contribution in [3.63, 3.8) is 0 Å². The zero-order valence-corrected chi connectivity index (χ0v) is 43.9. The average molecular weight is 1020 g/mol. The highest BCUT2D eigenvalue weighted by molar-refractivity contribution is 8.02. The van der Waals surface area contributed by atoms with Gasteiger partial charge in [0.15, 0.2) is 0 Å². The fraction of sp³-hybridized carbons (Fsp3) is 0.455. The molecular weight excluding hydrogens is 954 g/mol. The van der Waals surface area contributed by atoms with Crippen molar-refractivity contribution in [1.82, 2.24) is 24.3 Å². The topological polar surface area (TPSA) is 127 Å². The van der Waals surface area contributed by atoms with Crippen molar-refractivity contribution in [3.05, 3.63) is 136 Å². The number of piperazine rings is 2. The van der Waals surface area contributed by atoms with Gasteiger partial charge in [0, 0.05) is 131 Å². The Morgan fingerprint density at radius 3 is 2.21 bits per heavy atom. The Morgan fingerprint density at radius 1 is 0.803 bits per heavy atom. The quantitative estimate of drug-likeness (QED) is 0.104. The first-order valence-corrected chi connectivity index (χ1v) is 27.9. The fourth-order valence-corrected chi connectivity index (χ4v) is 11.6. The van der Waals surface area contributed by atoms with Gasteiger partial charge in [0.2, 0.25) is 0 Å². The maximum absolute atomic E-state index is 13.5. The van der Waals surface area contributed by atoms with E-state index in [0.29, 0.717) is 19.0 Å². The first-order valence-electron chi connectivity index (χ1n) is 25.1.